The second-order valence-electron chi connectivity index (χ2n) is 5.42. The van der Waals surface area contributed by atoms with Crippen molar-refractivity contribution in [1.82, 2.24) is 15.3 Å². The number of hydrogen-bond donors (Lipinski definition) is 1. The molecule has 1 aromatic carbocycles. The maximum atomic E-state index is 6.28. The van der Waals surface area contributed by atoms with Crippen LogP contribution in [-0.2, 0) is 4.74 Å². The first-order valence-electron chi connectivity index (χ1n) is 7.06. The molecule has 1 saturated heterocycles. The minimum atomic E-state index is 0.161. The van der Waals surface area contributed by atoms with Crippen LogP contribution in [0.25, 0.3) is 11.3 Å². The highest BCUT2D eigenvalue weighted by molar-refractivity contribution is 6.31. The number of aryl methyl sites for hydroxylation is 1. The van der Waals surface area contributed by atoms with E-state index in [-0.39, 0.29) is 6.04 Å². The van der Waals surface area contributed by atoms with Gasteiger partial charge in [-0.1, -0.05) is 11.6 Å². The number of ether oxygens (including phenoxy) is 1. The molecule has 0 unspecified atom stereocenters. The first-order valence-corrected chi connectivity index (χ1v) is 7.44. The van der Waals surface area contributed by atoms with Gasteiger partial charge in [0.25, 0.3) is 0 Å². The summed E-state index contributed by atoms with van der Waals surface area (Å²) in [4.78, 5) is 8.60. The molecule has 2 aromatic rings. The van der Waals surface area contributed by atoms with Gasteiger partial charge < -0.3 is 10.1 Å². The zero-order valence-electron chi connectivity index (χ0n) is 12.1. The van der Waals surface area contributed by atoms with Gasteiger partial charge in [-0.25, -0.2) is 9.97 Å². The van der Waals surface area contributed by atoms with E-state index < -0.39 is 0 Å². The summed E-state index contributed by atoms with van der Waals surface area (Å²) in [5.41, 5.74) is 3.01. The predicted octanol–water partition coefficient (Wildman–Crippen LogP) is 3.15. The van der Waals surface area contributed by atoms with Gasteiger partial charge >= 0.3 is 0 Å². The number of halogens is 1. The Labute approximate surface area is 129 Å². The minimum absolute atomic E-state index is 0.161. The quantitative estimate of drug-likeness (QED) is 0.926. The molecule has 3 rings (SSSR count). The second kappa shape index (κ2) is 6.10. The summed E-state index contributed by atoms with van der Waals surface area (Å²) in [5.74, 6) is 0.752. The molecular weight excluding hydrogens is 286 g/mol. The zero-order valence-corrected chi connectivity index (χ0v) is 12.9. The second-order valence-corrected chi connectivity index (χ2v) is 5.86. The average molecular weight is 304 g/mol. The SMILES string of the molecule is Cc1nccc(-c2cc(Cl)cc([C@@H]3COC[C@@H](C)N3)c2)n1. The van der Waals surface area contributed by atoms with E-state index in [9.17, 15) is 0 Å². The molecule has 0 spiro atoms. The lowest BCUT2D eigenvalue weighted by Crippen LogP contribution is -2.41. The number of aromatic nitrogens is 2. The Bertz CT molecular complexity index is 647. The molecule has 0 bridgehead atoms. The van der Waals surface area contributed by atoms with Gasteiger partial charge in [0.2, 0.25) is 0 Å². The van der Waals surface area contributed by atoms with Crippen molar-refractivity contribution < 1.29 is 4.74 Å². The molecule has 1 aliphatic heterocycles. The monoisotopic (exact) mass is 303 g/mol. The largest absolute Gasteiger partial charge is 0.378 e. The van der Waals surface area contributed by atoms with Crippen LogP contribution < -0.4 is 5.32 Å². The van der Waals surface area contributed by atoms with Crippen LogP contribution in [0.4, 0.5) is 0 Å². The summed E-state index contributed by atoms with van der Waals surface area (Å²) in [7, 11) is 0. The summed E-state index contributed by atoms with van der Waals surface area (Å²) >= 11 is 6.28. The number of nitrogens with one attached hydrogen (secondary N) is 1. The lowest BCUT2D eigenvalue weighted by molar-refractivity contribution is 0.0504. The Balaban J connectivity index is 1.96. The van der Waals surface area contributed by atoms with Crippen molar-refractivity contribution in [3.8, 4) is 11.3 Å². The van der Waals surface area contributed by atoms with E-state index in [1.165, 1.54) is 0 Å². The van der Waals surface area contributed by atoms with Gasteiger partial charge in [-0.2, -0.15) is 0 Å². The molecule has 4 nitrogen and oxygen atoms in total. The van der Waals surface area contributed by atoms with Crippen molar-refractivity contribution >= 4 is 11.6 Å². The van der Waals surface area contributed by atoms with E-state index in [4.69, 9.17) is 16.3 Å². The van der Waals surface area contributed by atoms with Crippen LogP contribution in [0, 0.1) is 6.92 Å². The summed E-state index contributed by atoms with van der Waals surface area (Å²) in [5, 5.41) is 4.24. The van der Waals surface area contributed by atoms with Crippen molar-refractivity contribution in [2.45, 2.75) is 25.9 Å². The molecule has 0 amide bonds. The summed E-state index contributed by atoms with van der Waals surface area (Å²) in [6.07, 6.45) is 1.77. The van der Waals surface area contributed by atoms with Gasteiger partial charge in [0.15, 0.2) is 0 Å². The molecular formula is C16H18ClN3O. The van der Waals surface area contributed by atoms with Gasteiger partial charge in [-0.3, -0.25) is 0 Å². The molecule has 1 N–H and O–H groups in total. The Hall–Kier alpha value is -1.49. The Morgan fingerprint density at radius 1 is 1.29 bits per heavy atom. The van der Waals surface area contributed by atoms with Crippen LogP contribution in [0.15, 0.2) is 30.5 Å². The fraction of sp³-hybridized carbons (Fsp3) is 0.375. The van der Waals surface area contributed by atoms with Crippen LogP contribution in [0.5, 0.6) is 0 Å². The first-order chi connectivity index (χ1) is 10.1. The standard InChI is InChI=1S/C16H18ClN3O/c1-10-8-21-9-16(19-10)13-5-12(6-14(17)7-13)15-3-4-18-11(2)20-15/h3-7,10,16,19H,8-9H2,1-2H3/t10-,16+/m1/s1. The van der Waals surface area contributed by atoms with Crippen molar-refractivity contribution in [1.29, 1.82) is 0 Å². The van der Waals surface area contributed by atoms with Crippen LogP contribution in [0.1, 0.15) is 24.4 Å². The highest BCUT2D eigenvalue weighted by atomic mass is 35.5. The van der Waals surface area contributed by atoms with Crippen molar-refractivity contribution in [2.24, 2.45) is 0 Å². The van der Waals surface area contributed by atoms with Gasteiger partial charge in [-0.05, 0) is 43.7 Å². The summed E-state index contributed by atoms with van der Waals surface area (Å²) in [6.45, 7) is 5.40. The van der Waals surface area contributed by atoms with Crippen LogP contribution >= 0.6 is 11.6 Å². The Kier molecular flexibility index (Phi) is 4.19. The highest BCUT2D eigenvalue weighted by Crippen LogP contribution is 2.28. The third kappa shape index (κ3) is 3.40. The predicted molar refractivity (Wildman–Crippen MR) is 83.4 cm³/mol. The number of benzene rings is 1. The summed E-state index contributed by atoms with van der Waals surface area (Å²) < 4.78 is 5.62. The van der Waals surface area contributed by atoms with E-state index in [0.29, 0.717) is 17.7 Å². The van der Waals surface area contributed by atoms with Crippen molar-refractivity contribution in [3.05, 3.63) is 46.9 Å². The maximum Gasteiger partial charge on any atom is 0.125 e. The zero-order chi connectivity index (χ0) is 14.8. The third-order valence-corrected chi connectivity index (χ3v) is 3.75. The van der Waals surface area contributed by atoms with Crippen LogP contribution in [-0.4, -0.2) is 29.2 Å². The van der Waals surface area contributed by atoms with Gasteiger partial charge in [0.05, 0.1) is 24.9 Å². The molecule has 0 aliphatic carbocycles. The fourth-order valence-corrected chi connectivity index (χ4v) is 2.82. The molecule has 2 heterocycles. The molecule has 1 aliphatic rings. The van der Waals surface area contributed by atoms with Crippen molar-refractivity contribution in [3.63, 3.8) is 0 Å². The number of hydrogen-bond acceptors (Lipinski definition) is 4. The number of morpholine rings is 1. The normalized spacial score (nSPS) is 22.2. The van der Waals surface area contributed by atoms with Crippen molar-refractivity contribution in [2.75, 3.05) is 13.2 Å². The molecule has 0 radical (unpaired) electrons. The first kappa shape index (κ1) is 14.4. The van der Waals surface area contributed by atoms with E-state index in [1.807, 2.05) is 25.1 Å². The lowest BCUT2D eigenvalue weighted by Gasteiger charge is -2.29. The van der Waals surface area contributed by atoms with Gasteiger partial charge in [0.1, 0.15) is 5.82 Å². The van der Waals surface area contributed by atoms with E-state index >= 15 is 0 Å². The van der Waals surface area contributed by atoms with E-state index in [2.05, 4.69) is 28.3 Å². The lowest BCUT2D eigenvalue weighted by atomic mass is 10.0. The molecule has 1 fully saturated rings. The molecule has 21 heavy (non-hydrogen) atoms. The van der Waals surface area contributed by atoms with E-state index in [1.54, 1.807) is 6.20 Å². The topological polar surface area (TPSA) is 47.0 Å². The smallest absolute Gasteiger partial charge is 0.125 e. The maximum absolute atomic E-state index is 6.28. The van der Waals surface area contributed by atoms with Gasteiger partial charge in [0, 0.05) is 22.8 Å². The molecule has 0 saturated carbocycles. The molecule has 5 heteroatoms. The molecule has 1 aromatic heterocycles. The van der Waals surface area contributed by atoms with Gasteiger partial charge in [-0.15, -0.1) is 0 Å². The third-order valence-electron chi connectivity index (χ3n) is 3.53. The molecule has 2 atom stereocenters. The Morgan fingerprint density at radius 3 is 2.90 bits per heavy atom. The fourth-order valence-electron chi connectivity index (χ4n) is 2.57. The van der Waals surface area contributed by atoms with Crippen LogP contribution in [0.2, 0.25) is 5.02 Å². The van der Waals surface area contributed by atoms with Crippen LogP contribution in [0.3, 0.4) is 0 Å². The Morgan fingerprint density at radius 2 is 2.14 bits per heavy atom. The average Bonchev–Trinajstić information content (AvgIpc) is 2.46. The number of rotatable bonds is 2. The molecule has 110 valence electrons. The highest BCUT2D eigenvalue weighted by Gasteiger charge is 2.20. The summed E-state index contributed by atoms with van der Waals surface area (Å²) in [6, 6.07) is 8.43. The van der Waals surface area contributed by atoms with E-state index in [0.717, 1.165) is 29.3 Å². The minimum Gasteiger partial charge on any atom is -0.378 e. The number of nitrogens with zero attached hydrogens (tertiary/aromatic N) is 2.